The minimum absolute atomic E-state index is 0.140. The van der Waals surface area contributed by atoms with Gasteiger partial charge < -0.3 is 4.90 Å². The zero-order valence-electron chi connectivity index (χ0n) is 7.42. The second-order valence-corrected chi connectivity index (χ2v) is 3.16. The summed E-state index contributed by atoms with van der Waals surface area (Å²) < 4.78 is 0. The molecule has 0 unspecified atom stereocenters. The third-order valence-corrected chi connectivity index (χ3v) is 2.01. The van der Waals surface area contributed by atoms with Crippen LogP contribution in [-0.4, -0.2) is 23.4 Å². The van der Waals surface area contributed by atoms with Crippen LogP contribution in [0.1, 0.15) is 32.6 Å². The third-order valence-electron chi connectivity index (χ3n) is 2.01. The Kier molecular flexibility index (Phi) is 3.09. The number of carbonyl (C=O) groups excluding carboxylic acids is 1. The van der Waals surface area contributed by atoms with Crippen molar-refractivity contribution >= 4 is 5.91 Å². The minimum Gasteiger partial charge on any atom is -0.326 e. The molecule has 1 amide bonds. The van der Waals surface area contributed by atoms with Crippen molar-refractivity contribution in [3.63, 3.8) is 0 Å². The van der Waals surface area contributed by atoms with E-state index in [-0.39, 0.29) is 12.5 Å². The number of amides is 1. The first-order valence-electron chi connectivity index (χ1n) is 4.46. The molecule has 0 aromatic heterocycles. The van der Waals surface area contributed by atoms with E-state index in [0.29, 0.717) is 12.5 Å². The number of nitrogens with zero attached hydrogens (tertiary/aromatic N) is 2. The molecular formula is C9H14N2O. The Bertz CT molecular complexity index is 203. The van der Waals surface area contributed by atoms with Gasteiger partial charge in [-0.25, -0.2) is 0 Å². The standard InChI is InChI=1S/C9H14N2O/c1-2-3-9(12)11(7-6-10)8-4-5-8/h8H,2-5,7H2,1H3. The summed E-state index contributed by atoms with van der Waals surface area (Å²) in [5.74, 6) is 0.140. The van der Waals surface area contributed by atoms with E-state index in [1.807, 2.05) is 13.0 Å². The average Bonchev–Trinajstić information content (AvgIpc) is 2.83. The second kappa shape index (κ2) is 4.10. The Hall–Kier alpha value is -1.04. The van der Waals surface area contributed by atoms with Crippen LogP contribution in [0.15, 0.2) is 0 Å². The molecule has 0 aromatic carbocycles. The normalized spacial score (nSPS) is 15.3. The van der Waals surface area contributed by atoms with Crippen LogP contribution in [0.5, 0.6) is 0 Å². The molecule has 66 valence electrons. The van der Waals surface area contributed by atoms with Crippen LogP contribution in [0.4, 0.5) is 0 Å². The topological polar surface area (TPSA) is 44.1 Å². The predicted octanol–water partition coefficient (Wildman–Crippen LogP) is 1.30. The predicted molar refractivity (Wildman–Crippen MR) is 45.3 cm³/mol. The average molecular weight is 166 g/mol. The Morgan fingerprint density at radius 1 is 1.67 bits per heavy atom. The molecule has 0 aromatic rings. The van der Waals surface area contributed by atoms with Gasteiger partial charge in [0, 0.05) is 12.5 Å². The number of carbonyl (C=O) groups is 1. The first kappa shape index (κ1) is 9.05. The van der Waals surface area contributed by atoms with Gasteiger partial charge in [0.05, 0.1) is 6.07 Å². The van der Waals surface area contributed by atoms with Crippen molar-refractivity contribution in [3.05, 3.63) is 0 Å². The van der Waals surface area contributed by atoms with Gasteiger partial charge in [0.15, 0.2) is 0 Å². The van der Waals surface area contributed by atoms with Gasteiger partial charge in [0.25, 0.3) is 0 Å². The fourth-order valence-electron chi connectivity index (χ4n) is 1.24. The molecule has 1 rings (SSSR count). The zero-order valence-corrected chi connectivity index (χ0v) is 7.42. The van der Waals surface area contributed by atoms with Gasteiger partial charge in [-0.15, -0.1) is 0 Å². The van der Waals surface area contributed by atoms with Gasteiger partial charge in [-0.1, -0.05) is 6.92 Å². The highest BCUT2D eigenvalue weighted by Crippen LogP contribution is 2.27. The fraction of sp³-hybridized carbons (Fsp3) is 0.778. The summed E-state index contributed by atoms with van der Waals surface area (Å²) in [5.41, 5.74) is 0. The Labute approximate surface area is 73.0 Å². The van der Waals surface area contributed by atoms with E-state index >= 15 is 0 Å². The molecule has 1 saturated carbocycles. The van der Waals surface area contributed by atoms with Crippen LogP contribution in [0.2, 0.25) is 0 Å². The molecule has 1 aliphatic rings. The maximum Gasteiger partial charge on any atom is 0.223 e. The largest absolute Gasteiger partial charge is 0.326 e. The smallest absolute Gasteiger partial charge is 0.223 e. The van der Waals surface area contributed by atoms with Gasteiger partial charge >= 0.3 is 0 Å². The molecule has 0 aliphatic heterocycles. The number of rotatable bonds is 4. The van der Waals surface area contributed by atoms with Crippen molar-refractivity contribution in [2.45, 2.75) is 38.6 Å². The minimum atomic E-state index is 0.140. The van der Waals surface area contributed by atoms with E-state index in [4.69, 9.17) is 5.26 Å². The van der Waals surface area contributed by atoms with Crippen molar-refractivity contribution in [3.8, 4) is 6.07 Å². The molecule has 0 atom stereocenters. The van der Waals surface area contributed by atoms with Crippen molar-refractivity contribution in [1.29, 1.82) is 5.26 Å². The molecule has 0 spiro atoms. The highest BCUT2D eigenvalue weighted by Gasteiger charge is 2.31. The monoisotopic (exact) mass is 166 g/mol. The van der Waals surface area contributed by atoms with Crippen LogP contribution in [0.25, 0.3) is 0 Å². The molecular weight excluding hydrogens is 152 g/mol. The number of hydrogen-bond acceptors (Lipinski definition) is 2. The lowest BCUT2D eigenvalue weighted by Crippen LogP contribution is -2.33. The van der Waals surface area contributed by atoms with Gasteiger partial charge in [-0.2, -0.15) is 5.26 Å². The summed E-state index contributed by atoms with van der Waals surface area (Å²) in [7, 11) is 0. The second-order valence-electron chi connectivity index (χ2n) is 3.16. The summed E-state index contributed by atoms with van der Waals surface area (Å²) in [4.78, 5) is 13.1. The summed E-state index contributed by atoms with van der Waals surface area (Å²) >= 11 is 0. The van der Waals surface area contributed by atoms with E-state index in [2.05, 4.69) is 0 Å². The lowest BCUT2D eigenvalue weighted by Gasteiger charge is -2.18. The molecule has 3 nitrogen and oxygen atoms in total. The van der Waals surface area contributed by atoms with Crippen LogP contribution in [-0.2, 0) is 4.79 Å². The maximum absolute atomic E-state index is 11.4. The Balaban J connectivity index is 2.41. The van der Waals surface area contributed by atoms with Gasteiger partial charge in [0.2, 0.25) is 5.91 Å². The SMILES string of the molecule is CCCC(=O)N(CC#N)C1CC1. The Morgan fingerprint density at radius 2 is 2.33 bits per heavy atom. The first-order chi connectivity index (χ1) is 5.79. The fourth-order valence-corrected chi connectivity index (χ4v) is 1.24. The first-order valence-corrected chi connectivity index (χ1v) is 4.46. The molecule has 0 bridgehead atoms. The third kappa shape index (κ3) is 2.23. The van der Waals surface area contributed by atoms with Crippen LogP contribution in [0.3, 0.4) is 0 Å². The lowest BCUT2D eigenvalue weighted by atomic mass is 10.3. The van der Waals surface area contributed by atoms with Crippen LogP contribution < -0.4 is 0 Å². The van der Waals surface area contributed by atoms with Crippen LogP contribution in [0, 0.1) is 11.3 Å². The van der Waals surface area contributed by atoms with E-state index in [9.17, 15) is 4.79 Å². The maximum atomic E-state index is 11.4. The molecule has 0 saturated heterocycles. The molecule has 3 heteroatoms. The van der Waals surface area contributed by atoms with Crippen LogP contribution >= 0.6 is 0 Å². The quantitative estimate of drug-likeness (QED) is 0.591. The van der Waals surface area contributed by atoms with Gasteiger partial charge in [-0.3, -0.25) is 4.79 Å². The summed E-state index contributed by atoms with van der Waals surface area (Å²) in [6.45, 7) is 2.25. The Morgan fingerprint density at radius 3 is 2.75 bits per heavy atom. The number of hydrogen-bond donors (Lipinski definition) is 0. The van der Waals surface area contributed by atoms with Crippen molar-refractivity contribution < 1.29 is 4.79 Å². The molecule has 1 aliphatic carbocycles. The van der Waals surface area contributed by atoms with E-state index in [1.54, 1.807) is 4.90 Å². The highest BCUT2D eigenvalue weighted by atomic mass is 16.2. The zero-order chi connectivity index (χ0) is 8.97. The number of nitriles is 1. The van der Waals surface area contributed by atoms with E-state index in [0.717, 1.165) is 19.3 Å². The summed E-state index contributed by atoms with van der Waals surface area (Å²) in [5, 5.41) is 8.49. The summed E-state index contributed by atoms with van der Waals surface area (Å²) in [6.07, 6.45) is 3.61. The highest BCUT2D eigenvalue weighted by molar-refractivity contribution is 5.77. The van der Waals surface area contributed by atoms with Crippen molar-refractivity contribution in [2.75, 3.05) is 6.54 Å². The van der Waals surface area contributed by atoms with Crippen molar-refractivity contribution in [1.82, 2.24) is 4.90 Å². The summed E-state index contributed by atoms with van der Waals surface area (Å²) in [6, 6.07) is 2.41. The molecule has 0 radical (unpaired) electrons. The molecule has 1 fully saturated rings. The lowest BCUT2D eigenvalue weighted by molar-refractivity contribution is -0.131. The molecule has 0 N–H and O–H groups in total. The molecule has 12 heavy (non-hydrogen) atoms. The van der Waals surface area contributed by atoms with Crippen molar-refractivity contribution in [2.24, 2.45) is 0 Å². The molecule has 0 heterocycles. The van der Waals surface area contributed by atoms with Gasteiger partial charge in [-0.05, 0) is 19.3 Å². The van der Waals surface area contributed by atoms with Gasteiger partial charge in [0.1, 0.15) is 6.54 Å². The van der Waals surface area contributed by atoms with E-state index < -0.39 is 0 Å². The van der Waals surface area contributed by atoms with E-state index in [1.165, 1.54) is 0 Å².